The summed E-state index contributed by atoms with van der Waals surface area (Å²) < 4.78 is 5.57. The van der Waals surface area contributed by atoms with Crippen molar-refractivity contribution in [1.82, 2.24) is 5.32 Å². The Morgan fingerprint density at radius 2 is 1.92 bits per heavy atom. The summed E-state index contributed by atoms with van der Waals surface area (Å²) in [5, 5.41) is 6.67. The van der Waals surface area contributed by atoms with Crippen molar-refractivity contribution in [2.24, 2.45) is 0 Å². The van der Waals surface area contributed by atoms with Crippen LogP contribution >= 0.6 is 35.4 Å². The van der Waals surface area contributed by atoms with Gasteiger partial charge in [0.05, 0.1) is 5.02 Å². The molecule has 0 aliphatic rings. The van der Waals surface area contributed by atoms with Crippen molar-refractivity contribution in [1.29, 1.82) is 0 Å². The van der Waals surface area contributed by atoms with Gasteiger partial charge in [-0.3, -0.25) is 10.1 Å². The number of hydrogen-bond donors (Lipinski definition) is 2. The zero-order chi connectivity index (χ0) is 18.6. The second-order valence-corrected chi connectivity index (χ2v) is 6.78. The third-order valence-corrected chi connectivity index (χ3v) is 4.39. The van der Waals surface area contributed by atoms with Gasteiger partial charge < -0.3 is 10.1 Å². The van der Waals surface area contributed by atoms with Crippen LogP contribution in [-0.2, 0) is 4.79 Å². The number of amides is 1. The summed E-state index contributed by atoms with van der Waals surface area (Å²) in [6.45, 7) is 5.60. The van der Waals surface area contributed by atoms with Crippen LogP contribution in [0.15, 0.2) is 36.4 Å². The van der Waals surface area contributed by atoms with E-state index in [9.17, 15) is 4.79 Å². The lowest BCUT2D eigenvalue weighted by molar-refractivity contribution is -0.125. The molecule has 0 saturated heterocycles. The van der Waals surface area contributed by atoms with E-state index >= 15 is 0 Å². The van der Waals surface area contributed by atoms with E-state index in [-0.39, 0.29) is 11.0 Å². The maximum Gasteiger partial charge on any atom is 0.266 e. The zero-order valence-corrected chi connectivity index (χ0v) is 16.4. The number of rotatable bonds is 4. The first-order chi connectivity index (χ1) is 11.8. The molecule has 0 bridgehead atoms. The number of hydrogen-bond acceptors (Lipinski definition) is 3. The van der Waals surface area contributed by atoms with E-state index in [2.05, 4.69) is 10.6 Å². The molecule has 1 unspecified atom stereocenters. The summed E-state index contributed by atoms with van der Waals surface area (Å²) in [5.74, 6) is -0.00375. The second-order valence-electron chi connectivity index (χ2n) is 5.53. The van der Waals surface area contributed by atoms with Crippen LogP contribution in [0.5, 0.6) is 5.75 Å². The number of anilines is 1. The molecular weight excluding hydrogens is 379 g/mol. The Morgan fingerprint density at radius 3 is 2.60 bits per heavy atom. The third-order valence-electron chi connectivity index (χ3n) is 3.66. The molecule has 7 heteroatoms. The van der Waals surface area contributed by atoms with Crippen molar-refractivity contribution in [3.8, 4) is 5.75 Å². The Morgan fingerprint density at radius 1 is 1.20 bits per heavy atom. The molecule has 1 atom stereocenters. The molecule has 0 heterocycles. The van der Waals surface area contributed by atoms with Gasteiger partial charge in [-0.05, 0) is 68.4 Å². The number of nitrogens with one attached hydrogen (secondary N) is 2. The molecule has 0 saturated carbocycles. The normalized spacial score (nSPS) is 11.6. The number of aryl methyl sites for hydroxylation is 1. The zero-order valence-electron chi connectivity index (χ0n) is 14.0. The molecule has 0 fully saturated rings. The number of thiocarbonyl (C=S) groups is 1. The summed E-state index contributed by atoms with van der Waals surface area (Å²) >= 11 is 17.1. The molecule has 0 spiro atoms. The van der Waals surface area contributed by atoms with Gasteiger partial charge in [-0.15, -0.1) is 0 Å². The predicted molar refractivity (Wildman–Crippen MR) is 107 cm³/mol. The third kappa shape index (κ3) is 5.33. The molecule has 0 radical (unpaired) electrons. The first-order valence-corrected chi connectivity index (χ1v) is 8.74. The molecule has 132 valence electrons. The fourth-order valence-corrected chi connectivity index (χ4v) is 2.73. The van der Waals surface area contributed by atoms with Crippen molar-refractivity contribution >= 4 is 52.1 Å². The van der Waals surface area contributed by atoms with E-state index in [0.29, 0.717) is 15.8 Å². The number of carbonyl (C=O) groups excluding carboxylic acids is 1. The molecular formula is C18H18Cl2N2O2S. The Kier molecular flexibility index (Phi) is 6.64. The standard InChI is InChI=1S/C18H18Cl2N2O2S/c1-10-5-4-6-15(11(10)2)21-18(25)22-17(23)12(3)24-16-8-7-13(19)9-14(16)20/h4-9,12H,1-3H3,(H2,21,22,23,25). The minimum atomic E-state index is -0.781. The van der Waals surface area contributed by atoms with Crippen molar-refractivity contribution in [3.63, 3.8) is 0 Å². The highest BCUT2D eigenvalue weighted by Gasteiger charge is 2.17. The first kappa shape index (κ1) is 19.5. The lowest BCUT2D eigenvalue weighted by atomic mass is 10.1. The maximum absolute atomic E-state index is 12.2. The molecule has 1 amide bonds. The van der Waals surface area contributed by atoms with Crippen molar-refractivity contribution in [2.75, 3.05) is 5.32 Å². The Hall–Kier alpha value is -1.82. The van der Waals surface area contributed by atoms with Gasteiger partial charge in [-0.2, -0.15) is 0 Å². The van der Waals surface area contributed by atoms with Crippen LogP contribution in [0.25, 0.3) is 0 Å². The lowest BCUT2D eigenvalue weighted by Gasteiger charge is -2.17. The van der Waals surface area contributed by atoms with Gasteiger partial charge in [0.2, 0.25) is 0 Å². The van der Waals surface area contributed by atoms with Gasteiger partial charge in [-0.1, -0.05) is 35.3 Å². The number of ether oxygens (including phenoxy) is 1. The summed E-state index contributed by atoms with van der Waals surface area (Å²) in [6.07, 6.45) is -0.781. The summed E-state index contributed by atoms with van der Waals surface area (Å²) in [7, 11) is 0. The smallest absolute Gasteiger partial charge is 0.266 e. The van der Waals surface area contributed by atoms with Crippen LogP contribution in [0.2, 0.25) is 10.0 Å². The van der Waals surface area contributed by atoms with Gasteiger partial charge in [-0.25, -0.2) is 0 Å². The molecule has 2 aromatic rings. The lowest BCUT2D eigenvalue weighted by Crippen LogP contribution is -2.42. The van der Waals surface area contributed by atoms with Gasteiger partial charge >= 0.3 is 0 Å². The second kappa shape index (κ2) is 8.52. The predicted octanol–water partition coefficient (Wildman–Crippen LogP) is 4.89. The largest absolute Gasteiger partial charge is 0.479 e. The SMILES string of the molecule is Cc1cccc(NC(=S)NC(=O)C(C)Oc2ccc(Cl)cc2Cl)c1C. The van der Waals surface area contributed by atoms with E-state index in [0.717, 1.165) is 16.8 Å². The van der Waals surface area contributed by atoms with Crippen LogP contribution in [0.1, 0.15) is 18.1 Å². The van der Waals surface area contributed by atoms with Crippen LogP contribution in [0.3, 0.4) is 0 Å². The summed E-state index contributed by atoms with van der Waals surface area (Å²) in [4.78, 5) is 12.2. The average molecular weight is 397 g/mol. The molecule has 2 aromatic carbocycles. The van der Waals surface area contributed by atoms with Crippen LogP contribution in [0, 0.1) is 13.8 Å². The quantitative estimate of drug-likeness (QED) is 0.722. The van der Waals surface area contributed by atoms with E-state index in [1.165, 1.54) is 0 Å². The van der Waals surface area contributed by atoms with Crippen molar-refractivity contribution in [3.05, 3.63) is 57.6 Å². The molecule has 0 aromatic heterocycles. The highest BCUT2D eigenvalue weighted by Crippen LogP contribution is 2.28. The molecule has 4 nitrogen and oxygen atoms in total. The van der Waals surface area contributed by atoms with E-state index in [1.807, 2.05) is 32.0 Å². The van der Waals surface area contributed by atoms with Gasteiger partial charge in [0, 0.05) is 10.7 Å². The number of carbonyl (C=O) groups is 1. The molecule has 25 heavy (non-hydrogen) atoms. The number of benzene rings is 2. The molecule has 0 aliphatic carbocycles. The highest BCUT2D eigenvalue weighted by atomic mass is 35.5. The minimum absolute atomic E-state index is 0.205. The Balaban J connectivity index is 1.96. The Bertz CT molecular complexity index is 812. The Labute approximate surface area is 162 Å². The highest BCUT2D eigenvalue weighted by molar-refractivity contribution is 7.80. The monoisotopic (exact) mass is 396 g/mol. The number of halogens is 2. The van der Waals surface area contributed by atoms with E-state index in [4.69, 9.17) is 40.2 Å². The van der Waals surface area contributed by atoms with Crippen LogP contribution in [0.4, 0.5) is 5.69 Å². The van der Waals surface area contributed by atoms with Crippen LogP contribution < -0.4 is 15.4 Å². The summed E-state index contributed by atoms with van der Waals surface area (Å²) in [6, 6.07) is 10.6. The molecule has 2 rings (SSSR count). The minimum Gasteiger partial charge on any atom is -0.479 e. The van der Waals surface area contributed by atoms with Crippen LogP contribution in [-0.4, -0.2) is 17.1 Å². The van der Waals surface area contributed by atoms with Gasteiger partial charge in [0.1, 0.15) is 5.75 Å². The first-order valence-electron chi connectivity index (χ1n) is 7.57. The molecule has 0 aliphatic heterocycles. The van der Waals surface area contributed by atoms with E-state index in [1.54, 1.807) is 25.1 Å². The van der Waals surface area contributed by atoms with E-state index < -0.39 is 6.10 Å². The average Bonchev–Trinajstić information content (AvgIpc) is 2.54. The van der Waals surface area contributed by atoms with Gasteiger partial charge in [0.15, 0.2) is 11.2 Å². The maximum atomic E-state index is 12.2. The van der Waals surface area contributed by atoms with Gasteiger partial charge in [0.25, 0.3) is 5.91 Å². The summed E-state index contributed by atoms with van der Waals surface area (Å²) in [5.41, 5.74) is 3.05. The topological polar surface area (TPSA) is 50.4 Å². The van der Waals surface area contributed by atoms with Crippen molar-refractivity contribution in [2.45, 2.75) is 26.9 Å². The molecule has 2 N–H and O–H groups in total. The fourth-order valence-electron chi connectivity index (χ4n) is 2.07. The van der Waals surface area contributed by atoms with Crippen molar-refractivity contribution < 1.29 is 9.53 Å². The fraction of sp³-hybridized carbons (Fsp3) is 0.222.